The van der Waals surface area contributed by atoms with Crippen LogP contribution in [0.1, 0.15) is 17.7 Å². The molecule has 4 rings (SSSR count). The molecule has 0 radical (unpaired) electrons. The Balaban J connectivity index is 1.60. The van der Waals surface area contributed by atoms with Crippen molar-refractivity contribution in [3.8, 4) is 0 Å². The van der Waals surface area contributed by atoms with Crippen molar-refractivity contribution in [2.75, 3.05) is 17.3 Å². The molecule has 1 N–H and O–H groups in total. The van der Waals surface area contributed by atoms with Gasteiger partial charge in [-0.25, -0.2) is 0 Å². The normalized spacial score (nSPS) is 24.7. The molecule has 2 heterocycles. The van der Waals surface area contributed by atoms with Crippen LogP contribution in [-0.4, -0.2) is 23.8 Å². The number of nitrogens with zero attached hydrogens (tertiary/aromatic N) is 2. The second-order valence-corrected chi connectivity index (χ2v) is 6.29. The molecule has 2 atom stereocenters. The molecule has 5 nitrogen and oxygen atoms in total. The average Bonchev–Trinajstić information content (AvgIpc) is 3.28. The van der Waals surface area contributed by atoms with Crippen LogP contribution in [0.15, 0.2) is 42.6 Å². The van der Waals surface area contributed by atoms with Crippen molar-refractivity contribution in [3.05, 3.63) is 53.9 Å². The molecule has 2 aromatic rings. The molecule has 1 aromatic carbocycles. The third kappa shape index (κ3) is 1.89. The minimum absolute atomic E-state index is 0.0147. The monoisotopic (exact) mass is 307 g/mol. The van der Waals surface area contributed by atoms with Gasteiger partial charge in [-0.15, -0.1) is 0 Å². The number of carbonyl (C=O) groups excluding carboxylic acids is 2. The maximum absolute atomic E-state index is 12.7. The molecule has 1 aromatic heterocycles. The maximum Gasteiger partial charge on any atom is 0.238 e. The van der Waals surface area contributed by atoms with E-state index in [4.69, 9.17) is 0 Å². The van der Waals surface area contributed by atoms with Crippen LogP contribution in [-0.2, 0) is 15.0 Å². The standard InChI is InChI=1S/C18H17N3O2/c1-11-7-8-12(10-19-11)20-16(22)14-9-18(14)13-5-3-4-6-15(13)21(2)17(18)23/h3-8,10,14H,9H2,1-2H3,(H,20,22)/t14-,18-/m0/s1. The molecule has 0 saturated heterocycles. The van der Waals surface area contributed by atoms with Gasteiger partial charge in [-0.2, -0.15) is 0 Å². The molecule has 0 bridgehead atoms. The fourth-order valence-corrected chi connectivity index (χ4v) is 3.55. The van der Waals surface area contributed by atoms with Gasteiger partial charge in [-0.3, -0.25) is 14.6 Å². The summed E-state index contributed by atoms with van der Waals surface area (Å²) in [6, 6.07) is 11.4. The Kier molecular flexibility index (Phi) is 2.82. The highest BCUT2D eigenvalue weighted by atomic mass is 16.2. The number of carbonyl (C=O) groups is 2. The van der Waals surface area contributed by atoms with Crippen LogP contribution in [0, 0.1) is 12.8 Å². The molecule has 2 amide bonds. The van der Waals surface area contributed by atoms with Crippen molar-refractivity contribution in [1.29, 1.82) is 0 Å². The summed E-state index contributed by atoms with van der Waals surface area (Å²) in [5.41, 5.74) is 2.76. The number of fused-ring (bicyclic) bond motifs is 2. The second kappa shape index (κ2) is 4.65. The Labute approximate surface area is 134 Å². The van der Waals surface area contributed by atoms with Gasteiger partial charge >= 0.3 is 0 Å². The van der Waals surface area contributed by atoms with Crippen LogP contribution in [0.4, 0.5) is 11.4 Å². The number of aryl methyl sites for hydroxylation is 1. The van der Waals surface area contributed by atoms with Crippen LogP contribution in [0.5, 0.6) is 0 Å². The van der Waals surface area contributed by atoms with Gasteiger partial charge in [0.25, 0.3) is 0 Å². The van der Waals surface area contributed by atoms with E-state index in [1.165, 1.54) is 0 Å². The van der Waals surface area contributed by atoms with Gasteiger partial charge < -0.3 is 10.2 Å². The van der Waals surface area contributed by atoms with Gasteiger partial charge in [-0.1, -0.05) is 18.2 Å². The smallest absolute Gasteiger partial charge is 0.238 e. The highest BCUT2D eigenvalue weighted by Gasteiger charge is 2.69. The summed E-state index contributed by atoms with van der Waals surface area (Å²) >= 11 is 0. The Morgan fingerprint density at radius 1 is 1.30 bits per heavy atom. The highest BCUT2D eigenvalue weighted by molar-refractivity contribution is 6.15. The highest BCUT2D eigenvalue weighted by Crippen LogP contribution is 2.61. The predicted octanol–water partition coefficient (Wildman–Crippen LogP) is 2.26. The number of hydrogen-bond donors (Lipinski definition) is 1. The summed E-state index contributed by atoms with van der Waals surface area (Å²) < 4.78 is 0. The summed E-state index contributed by atoms with van der Waals surface area (Å²) in [5, 5.41) is 2.88. The van der Waals surface area contributed by atoms with E-state index in [0.29, 0.717) is 12.1 Å². The number of aromatic nitrogens is 1. The topological polar surface area (TPSA) is 62.3 Å². The lowest BCUT2D eigenvalue weighted by atomic mass is 9.94. The summed E-state index contributed by atoms with van der Waals surface area (Å²) in [5.74, 6) is -0.419. The number of anilines is 2. The third-order valence-corrected chi connectivity index (χ3v) is 4.89. The number of amides is 2. The van der Waals surface area contributed by atoms with Crippen LogP contribution < -0.4 is 10.2 Å². The molecule has 116 valence electrons. The van der Waals surface area contributed by atoms with E-state index in [1.54, 1.807) is 18.1 Å². The quantitative estimate of drug-likeness (QED) is 0.925. The summed E-state index contributed by atoms with van der Waals surface area (Å²) in [4.78, 5) is 31.1. The van der Waals surface area contributed by atoms with Crippen LogP contribution in [0.2, 0.25) is 0 Å². The first-order chi connectivity index (χ1) is 11.0. The zero-order valence-corrected chi connectivity index (χ0v) is 13.0. The Hall–Kier alpha value is -2.69. The van der Waals surface area contributed by atoms with Crippen molar-refractivity contribution < 1.29 is 9.59 Å². The Bertz CT molecular complexity index is 815. The second-order valence-electron chi connectivity index (χ2n) is 6.29. The number of rotatable bonds is 2. The number of benzene rings is 1. The molecular weight excluding hydrogens is 290 g/mol. The molecule has 1 aliphatic heterocycles. The average molecular weight is 307 g/mol. The van der Waals surface area contributed by atoms with Crippen LogP contribution in [0.25, 0.3) is 0 Å². The lowest BCUT2D eigenvalue weighted by Gasteiger charge is -2.11. The Morgan fingerprint density at radius 2 is 2.09 bits per heavy atom. The summed E-state index contributed by atoms with van der Waals surface area (Å²) in [7, 11) is 1.77. The first-order valence-electron chi connectivity index (χ1n) is 7.65. The minimum atomic E-state index is -0.673. The first kappa shape index (κ1) is 13.9. The largest absolute Gasteiger partial charge is 0.324 e. The lowest BCUT2D eigenvalue weighted by molar-refractivity contribution is -0.123. The van der Waals surface area contributed by atoms with Crippen molar-refractivity contribution in [3.63, 3.8) is 0 Å². The van der Waals surface area contributed by atoms with Crippen molar-refractivity contribution in [1.82, 2.24) is 4.98 Å². The van der Waals surface area contributed by atoms with E-state index >= 15 is 0 Å². The number of likely N-dealkylation sites (N-methyl/N-ethyl adjacent to an activating group) is 1. The van der Waals surface area contributed by atoms with Gasteiger partial charge in [0.2, 0.25) is 11.8 Å². The van der Waals surface area contributed by atoms with Crippen molar-refractivity contribution in [2.24, 2.45) is 5.92 Å². The van der Waals surface area contributed by atoms with Gasteiger partial charge in [0.1, 0.15) is 0 Å². The molecule has 2 aliphatic rings. The van der Waals surface area contributed by atoms with E-state index in [0.717, 1.165) is 16.9 Å². The molecule has 5 heteroatoms. The van der Waals surface area contributed by atoms with Crippen LogP contribution >= 0.6 is 0 Å². The Morgan fingerprint density at radius 3 is 2.83 bits per heavy atom. The SMILES string of the molecule is Cc1ccc(NC(=O)[C@@H]2C[C@@]23C(=O)N(C)c2ccccc23)cn1. The lowest BCUT2D eigenvalue weighted by Crippen LogP contribution is -2.32. The molecule has 1 aliphatic carbocycles. The van der Waals surface area contributed by atoms with Crippen LogP contribution in [0.3, 0.4) is 0 Å². The fourth-order valence-electron chi connectivity index (χ4n) is 3.55. The van der Waals surface area contributed by atoms with E-state index in [-0.39, 0.29) is 17.7 Å². The van der Waals surface area contributed by atoms with Gasteiger partial charge in [0.05, 0.1) is 23.2 Å². The van der Waals surface area contributed by atoms with E-state index in [2.05, 4.69) is 10.3 Å². The van der Waals surface area contributed by atoms with Gasteiger partial charge in [0.15, 0.2) is 0 Å². The molecule has 0 unspecified atom stereocenters. The van der Waals surface area contributed by atoms with E-state index in [1.807, 2.05) is 43.3 Å². The molecule has 1 saturated carbocycles. The zero-order chi connectivity index (χ0) is 16.2. The third-order valence-electron chi connectivity index (χ3n) is 4.89. The molecular formula is C18H17N3O2. The van der Waals surface area contributed by atoms with Crippen molar-refractivity contribution >= 4 is 23.2 Å². The predicted molar refractivity (Wildman–Crippen MR) is 87.2 cm³/mol. The van der Waals surface area contributed by atoms with Crippen molar-refractivity contribution in [2.45, 2.75) is 18.8 Å². The van der Waals surface area contributed by atoms with E-state index < -0.39 is 5.41 Å². The minimum Gasteiger partial charge on any atom is -0.324 e. The summed E-state index contributed by atoms with van der Waals surface area (Å²) in [6.07, 6.45) is 2.21. The summed E-state index contributed by atoms with van der Waals surface area (Å²) in [6.45, 7) is 1.89. The van der Waals surface area contributed by atoms with E-state index in [9.17, 15) is 9.59 Å². The number of hydrogen-bond acceptors (Lipinski definition) is 3. The van der Waals surface area contributed by atoms with Gasteiger partial charge in [-0.05, 0) is 37.1 Å². The number of nitrogens with one attached hydrogen (secondary N) is 1. The molecule has 23 heavy (non-hydrogen) atoms. The number of para-hydroxylation sites is 1. The first-order valence-corrected chi connectivity index (χ1v) is 7.65. The molecule has 1 spiro atoms. The fraction of sp³-hybridized carbons (Fsp3) is 0.278. The maximum atomic E-state index is 12.7. The van der Waals surface area contributed by atoms with Gasteiger partial charge in [0, 0.05) is 18.4 Å². The zero-order valence-electron chi connectivity index (χ0n) is 13.0. The molecule has 1 fully saturated rings. The number of pyridine rings is 1.